The molecule has 20 heavy (non-hydrogen) atoms. The highest BCUT2D eigenvalue weighted by Gasteiger charge is 2.42. The summed E-state index contributed by atoms with van der Waals surface area (Å²) in [5, 5.41) is 8.92. The number of rotatable bonds is 5. The fourth-order valence-electron chi connectivity index (χ4n) is 2.01. The van der Waals surface area contributed by atoms with Crippen LogP contribution in [0.2, 0.25) is 0 Å². The van der Waals surface area contributed by atoms with Crippen LogP contribution in [0, 0.1) is 0 Å². The Bertz CT molecular complexity index is 582. The van der Waals surface area contributed by atoms with E-state index in [0.29, 0.717) is 12.8 Å². The molecule has 0 aromatic heterocycles. The zero-order valence-corrected chi connectivity index (χ0v) is 11.3. The van der Waals surface area contributed by atoms with Crippen LogP contribution in [0.3, 0.4) is 0 Å². The zero-order valence-electron chi connectivity index (χ0n) is 10.5. The molecule has 0 bridgehead atoms. The van der Waals surface area contributed by atoms with E-state index in [1.807, 2.05) is 0 Å². The summed E-state index contributed by atoms with van der Waals surface area (Å²) in [6.07, 6.45) is -3.53. The Labute approximate surface area is 114 Å². The van der Waals surface area contributed by atoms with Gasteiger partial charge >= 0.3 is 6.18 Å². The summed E-state index contributed by atoms with van der Waals surface area (Å²) in [5.41, 5.74) is -1.18. The van der Waals surface area contributed by atoms with Crippen molar-refractivity contribution >= 4 is 10.0 Å². The van der Waals surface area contributed by atoms with E-state index in [2.05, 4.69) is 0 Å². The van der Waals surface area contributed by atoms with E-state index >= 15 is 0 Å². The third-order valence-electron chi connectivity index (χ3n) is 3.05. The molecule has 0 spiro atoms. The van der Waals surface area contributed by atoms with E-state index < -0.39 is 33.3 Å². The van der Waals surface area contributed by atoms with Gasteiger partial charge in [-0.05, 0) is 25.0 Å². The van der Waals surface area contributed by atoms with E-state index in [1.54, 1.807) is 0 Å². The molecule has 1 aromatic carbocycles. The lowest BCUT2D eigenvalue weighted by Crippen LogP contribution is -2.36. The zero-order chi connectivity index (χ0) is 15.0. The maximum Gasteiger partial charge on any atom is 0.417 e. The molecular formula is C12H14F3NO3S. The van der Waals surface area contributed by atoms with Crippen LogP contribution in [-0.2, 0) is 16.2 Å². The van der Waals surface area contributed by atoms with Crippen molar-refractivity contribution in [1.29, 1.82) is 0 Å². The van der Waals surface area contributed by atoms with Crippen LogP contribution >= 0.6 is 0 Å². The van der Waals surface area contributed by atoms with Crippen LogP contribution in [-0.4, -0.2) is 37.0 Å². The van der Waals surface area contributed by atoms with Gasteiger partial charge in [0.1, 0.15) is 0 Å². The lowest BCUT2D eigenvalue weighted by Gasteiger charge is -2.23. The number of aliphatic hydroxyl groups is 1. The quantitative estimate of drug-likeness (QED) is 0.903. The van der Waals surface area contributed by atoms with E-state index in [9.17, 15) is 21.6 Å². The Hall–Kier alpha value is -1.12. The summed E-state index contributed by atoms with van der Waals surface area (Å²) in [5.74, 6) is 0. The number of benzene rings is 1. The van der Waals surface area contributed by atoms with E-state index in [-0.39, 0.29) is 12.6 Å². The summed E-state index contributed by atoms with van der Waals surface area (Å²) in [7, 11) is -4.26. The summed E-state index contributed by atoms with van der Waals surface area (Å²) < 4.78 is 64.5. The fraction of sp³-hybridized carbons (Fsp3) is 0.500. The smallest absolute Gasteiger partial charge is 0.395 e. The van der Waals surface area contributed by atoms with Crippen molar-refractivity contribution in [1.82, 2.24) is 4.31 Å². The molecule has 1 N–H and O–H groups in total. The third kappa shape index (κ3) is 2.97. The van der Waals surface area contributed by atoms with Crippen molar-refractivity contribution in [2.45, 2.75) is 30.0 Å². The maximum atomic E-state index is 12.9. The van der Waals surface area contributed by atoms with E-state index in [0.717, 1.165) is 22.5 Å². The minimum atomic E-state index is -4.74. The highest BCUT2D eigenvalue weighted by molar-refractivity contribution is 7.89. The average molecular weight is 309 g/mol. The molecule has 1 aliphatic rings. The maximum absolute atomic E-state index is 12.9. The van der Waals surface area contributed by atoms with Gasteiger partial charge < -0.3 is 5.11 Å². The molecule has 2 rings (SSSR count). The number of hydrogen-bond donors (Lipinski definition) is 1. The molecule has 1 fully saturated rings. The largest absolute Gasteiger partial charge is 0.417 e. The number of halogens is 3. The van der Waals surface area contributed by atoms with Crippen molar-refractivity contribution in [3.8, 4) is 0 Å². The Morgan fingerprint density at radius 1 is 1.25 bits per heavy atom. The monoisotopic (exact) mass is 309 g/mol. The van der Waals surface area contributed by atoms with Gasteiger partial charge in [-0.1, -0.05) is 12.1 Å². The van der Waals surface area contributed by atoms with Crippen molar-refractivity contribution in [3.63, 3.8) is 0 Å². The molecule has 1 saturated carbocycles. The first-order chi connectivity index (χ1) is 9.28. The number of alkyl halides is 3. The lowest BCUT2D eigenvalue weighted by molar-refractivity contribution is -0.139. The van der Waals surface area contributed by atoms with Crippen molar-refractivity contribution in [3.05, 3.63) is 29.8 Å². The number of nitrogens with zero attached hydrogens (tertiary/aromatic N) is 1. The second kappa shape index (κ2) is 5.34. The van der Waals surface area contributed by atoms with Crippen LogP contribution in [0.1, 0.15) is 18.4 Å². The minimum Gasteiger partial charge on any atom is -0.395 e. The predicted octanol–water partition coefficient (Wildman–Crippen LogP) is 1.85. The van der Waals surface area contributed by atoms with E-state index in [1.165, 1.54) is 6.07 Å². The molecule has 0 heterocycles. The van der Waals surface area contributed by atoms with Gasteiger partial charge in [0.15, 0.2) is 0 Å². The van der Waals surface area contributed by atoms with Gasteiger partial charge in [-0.25, -0.2) is 8.42 Å². The van der Waals surface area contributed by atoms with Crippen molar-refractivity contribution < 1.29 is 26.7 Å². The van der Waals surface area contributed by atoms with Gasteiger partial charge in [-0.3, -0.25) is 0 Å². The van der Waals surface area contributed by atoms with Crippen LogP contribution < -0.4 is 0 Å². The molecule has 0 unspecified atom stereocenters. The SMILES string of the molecule is O=S(=O)(c1ccccc1C(F)(F)F)N(CCO)C1CC1. The number of aliphatic hydroxyl groups excluding tert-OH is 1. The first-order valence-electron chi connectivity index (χ1n) is 6.07. The van der Waals surface area contributed by atoms with Gasteiger partial charge in [0, 0.05) is 12.6 Å². The Kier molecular flexibility index (Phi) is 4.08. The summed E-state index contributed by atoms with van der Waals surface area (Å²) in [6, 6.07) is 3.79. The standard InChI is InChI=1S/C12H14F3NO3S/c13-12(14,15)10-3-1-2-4-11(10)20(18,19)16(7-8-17)9-5-6-9/h1-4,9,17H,5-8H2. The second-order valence-electron chi connectivity index (χ2n) is 4.56. The summed E-state index contributed by atoms with van der Waals surface area (Å²) in [4.78, 5) is -0.757. The molecule has 0 radical (unpaired) electrons. The highest BCUT2D eigenvalue weighted by atomic mass is 32.2. The molecular weight excluding hydrogens is 295 g/mol. The molecule has 0 saturated heterocycles. The molecule has 1 aliphatic carbocycles. The Balaban J connectivity index is 2.48. The van der Waals surface area contributed by atoms with Gasteiger partial charge in [-0.2, -0.15) is 17.5 Å². The molecule has 0 amide bonds. The summed E-state index contributed by atoms with van der Waals surface area (Å²) >= 11 is 0. The van der Waals surface area contributed by atoms with Gasteiger partial charge in [0.2, 0.25) is 10.0 Å². The molecule has 1 aromatic rings. The van der Waals surface area contributed by atoms with Crippen LogP contribution in [0.15, 0.2) is 29.2 Å². The normalized spacial score (nSPS) is 16.6. The number of hydrogen-bond acceptors (Lipinski definition) is 3. The summed E-state index contributed by atoms with van der Waals surface area (Å²) in [6.45, 7) is -0.622. The van der Waals surface area contributed by atoms with Gasteiger partial charge in [-0.15, -0.1) is 0 Å². The molecule has 8 heteroatoms. The predicted molar refractivity (Wildman–Crippen MR) is 65.4 cm³/mol. The molecule has 112 valence electrons. The van der Waals surface area contributed by atoms with Crippen LogP contribution in [0.25, 0.3) is 0 Å². The first kappa shape index (κ1) is 15.3. The van der Waals surface area contributed by atoms with Gasteiger partial charge in [0.05, 0.1) is 17.1 Å². The van der Waals surface area contributed by atoms with Gasteiger partial charge in [0.25, 0.3) is 0 Å². The fourth-order valence-corrected chi connectivity index (χ4v) is 3.90. The topological polar surface area (TPSA) is 57.6 Å². The van der Waals surface area contributed by atoms with E-state index in [4.69, 9.17) is 5.11 Å². The Morgan fingerprint density at radius 2 is 1.85 bits per heavy atom. The highest BCUT2D eigenvalue weighted by Crippen LogP contribution is 2.38. The molecule has 0 aliphatic heterocycles. The first-order valence-corrected chi connectivity index (χ1v) is 7.51. The lowest BCUT2D eigenvalue weighted by atomic mass is 10.2. The van der Waals surface area contributed by atoms with Crippen molar-refractivity contribution in [2.75, 3.05) is 13.2 Å². The second-order valence-corrected chi connectivity index (χ2v) is 6.42. The molecule has 4 nitrogen and oxygen atoms in total. The van der Waals surface area contributed by atoms with Crippen LogP contribution in [0.5, 0.6) is 0 Å². The average Bonchev–Trinajstić information content (AvgIpc) is 3.19. The Morgan fingerprint density at radius 3 is 2.35 bits per heavy atom. The van der Waals surface area contributed by atoms with Crippen molar-refractivity contribution in [2.24, 2.45) is 0 Å². The number of sulfonamides is 1. The minimum absolute atomic E-state index is 0.195. The van der Waals surface area contributed by atoms with Crippen LogP contribution in [0.4, 0.5) is 13.2 Å². The molecule has 0 atom stereocenters. The third-order valence-corrected chi connectivity index (χ3v) is 5.06.